The van der Waals surface area contributed by atoms with Crippen LogP contribution in [0, 0.1) is 0 Å². The molecule has 2 heterocycles. The molecule has 2 atom stereocenters. The molecule has 5 heteroatoms. The van der Waals surface area contributed by atoms with Gasteiger partial charge in [-0.25, -0.2) is 0 Å². The Hall–Kier alpha value is -0.810. The monoisotopic (exact) mass is 296 g/mol. The van der Waals surface area contributed by atoms with E-state index in [1.807, 2.05) is 12.1 Å². The van der Waals surface area contributed by atoms with Gasteiger partial charge in [0.25, 0.3) is 0 Å². The fourth-order valence-electron chi connectivity index (χ4n) is 3.34. The average Bonchev–Trinajstić information content (AvgIpc) is 3.07. The van der Waals surface area contributed by atoms with Gasteiger partial charge in [-0.05, 0) is 30.5 Å². The van der Waals surface area contributed by atoms with E-state index in [4.69, 9.17) is 26.8 Å². The fraction of sp³-hybridized carbons (Fsp3) is 0.600. The van der Waals surface area contributed by atoms with E-state index in [1.165, 1.54) is 5.56 Å². The number of methoxy groups -OCH3 is 1. The van der Waals surface area contributed by atoms with Crippen molar-refractivity contribution in [1.29, 1.82) is 0 Å². The molecule has 2 aliphatic heterocycles. The Balaban J connectivity index is 1.87. The third-order valence-corrected chi connectivity index (χ3v) is 4.63. The van der Waals surface area contributed by atoms with Crippen LogP contribution in [-0.2, 0) is 11.3 Å². The lowest BCUT2D eigenvalue weighted by atomic mass is 10.0. The van der Waals surface area contributed by atoms with E-state index >= 15 is 0 Å². The molecule has 0 aliphatic carbocycles. The Morgan fingerprint density at radius 1 is 1.50 bits per heavy atom. The number of ether oxygens (including phenoxy) is 2. The lowest BCUT2D eigenvalue weighted by Crippen LogP contribution is -2.34. The number of benzene rings is 1. The lowest BCUT2D eigenvalue weighted by Gasteiger charge is -2.26. The summed E-state index contributed by atoms with van der Waals surface area (Å²) >= 11 is 6.39. The first-order valence-corrected chi connectivity index (χ1v) is 7.53. The van der Waals surface area contributed by atoms with Gasteiger partial charge in [0.15, 0.2) is 0 Å². The van der Waals surface area contributed by atoms with Crippen molar-refractivity contribution in [2.75, 3.05) is 26.8 Å². The molecule has 110 valence electrons. The highest BCUT2D eigenvalue weighted by atomic mass is 35.5. The van der Waals surface area contributed by atoms with E-state index in [1.54, 1.807) is 7.11 Å². The Labute approximate surface area is 124 Å². The summed E-state index contributed by atoms with van der Waals surface area (Å²) in [6.07, 6.45) is 2.61. The summed E-state index contributed by atoms with van der Waals surface area (Å²) in [6, 6.07) is 4.00. The van der Waals surface area contributed by atoms with E-state index in [0.717, 1.165) is 48.9 Å². The molecule has 2 N–H and O–H groups in total. The molecule has 0 radical (unpaired) electrons. The van der Waals surface area contributed by atoms with Crippen molar-refractivity contribution in [2.24, 2.45) is 5.73 Å². The topological polar surface area (TPSA) is 47.7 Å². The third kappa shape index (κ3) is 2.42. The maximum atomic E-state index is 6.39. The van der Waals surface area contributed by atoms with Crippen LogP contribution in [0.25, 0.3) is 0 Å². The van der Waals surface area contributed by atoms with Crippen molar-refractivity contribution in [3.63, 3.8) is 0 Å². The Kier molecular flexibility index (Phi) is 4.17. The molecule has 0 spiro atoms. The standard InChI is InChI=1S/C15H21ClN2O2/c1-19-14-5-4-12(16)15-11(14)9-18(13(15)7-17)8-10-3-2-6-20-10/h4-5,10,13H,2-3,6-9,17H2,1H3. The molecule has 0 amide bonds. The maximum Gasteiger partial charge on any atom is 0.123 e. The van der Waals surface area contributed by atoms with Crippen LogP contribution >= 0.6 is 11.6 Å². The zero-order chi connectivity index (χ0) is 14.1. The minimum Gasteiger partial charge on any atom is -0.496 e. The summed E-state index contributed by atoms with van der Waals surface area (Å²) in [5.74, 6) is 0.901. The van der Waals surface area contributed by atoms with Crippen LogP contribution < -0.4 is 10.5 Å². The average molecular weight is 297 g/mol. The van der Waals surface area contributed by atoms with Gasteiger partial charge in [-0.3, -0.25) is 4.90 Å². The Bertz CT molecular complexity index is 489. The fourth-order valence-corrected chi connectivity index (χ4v) is 3.64. The van der Waals surface area contributed by atoms with Gasteiger partial charge in [0.1, 0.15) is 5.75 Å². The highest BCUT2D eigenvalue weighted by molar-refractivity contribution is 6.31. The second-order valence-electron chi connectivity index (χ2n) is 5.46. The molecule has 0 saturated carbocycles. The minimum absolute atomic E-state index is 0.164. The minimum atomic E-state index is 0.164. The predicted molar refractivity (Wildman–Crippen MR) is 79.2 cm³/mol. The summed E-state index contributed by atoms with van der Waals surface area (Å²) in [6.45, 7) is 3.19. The van der Waals surface area contributed by atoms with Crippen LogP contribution in [0.15, 0.2) is 12.1 Å². The van der Waals surface area contributed by atoms with Crippen LogP contribution in [-0.4, -0.2) is 37.8 Å². The Morgan fingerprint density at radius 2 is 2.35 bits per heavy atom. The van der Waals surface area contributed by atoms with Crippen molar-refractivity contribution in [3.05, 3.63) is 28.3 Å². The zero-order valence-corrected chi connectivity index (χ0v) is 12.5. The van der Waals surface area contributed by atoms with Crippen molar-refractivity contribution in [2.45, 2.75) is 31.5 Å². The normalized spacial score (nSPS) is 25.9. The van der Waals surface area contributed by atoms with E-state index in [2.05, 4.69) is 4.90 Å². The van der Waals surface area contributed by atoms with Crippen molar-refractivity contribution >= 4 is 11.6 Å². The number of nitrogens with two attached hydrogens (primary N) is 1. The number of halogens is 1. The summed E-state index contributed by atoms with van der Waals surface area (Å²) < 4.78 is 11.2. The van der Waals surface area contributed by atoms with Gasteiger partial charge in [0.2, 0.25) is 0 Å². The molecule has 20 heavy (non-hydrogen) atoms. The lowest BCUT2D eigenvalue weighted by molar-refractivity contribution is 0.0608. The summed E-state index contributed by atoms with van der Waals surface area (Å²) in [4.78, 5) is 2.37. The van der Waals surface area contributed by atoms with Crippen molar-refractivity contribution in [1.82, 2.24) is 4.90 Å². The molecular weight excluding hydrogens is 276 g/mol. The molecule has 1 aromatic rings. The van der Waals surface area contributed by atoms with Gasteiger partial charge in [0, 0.05) is 42.9 Å². The number of rotatable bonds is 4. The molecular formula is C15H21ClN2O2. The summed E-state index contributed by atoms with van der Waals surface area (Å²) in [5, 5.41) is 0.783. The first-order chi connectivity index (χ1) is 9.74. The molecule has 2 aliphatic rings. The largest absolute Gasteiger partial charge is 0.496 e. The first kappa shape index (κ1) is 14.1. The highest BCUT2D eigenvalue weighted by Crippen LogP contribution is 2.42. The van der Waals surface area contributed by atoms with E-state index in [-0.39, 0.29) is 6.04 Å². The SMILES string of the molecule is COc1ccc(Cl)c2c1CN(CC1CCCO1)C2CN. The van der Waals surface area contributed by atoms with E-state index < -0.39 is 0 Å². The van der Waals surface area contributed by atoms with Gasteiger partial charge >= 0.3 is 0 Å². The van der Waals surface area contributed by atoms with Crippen molar-refractivity contribution in [3.8, 4) is 5.75 Å². The molecule has 0 aromatic heterocycles. The van der Waals surface area contributed by atoms with Crippen LogP contribution in [0.5, 0.6) is 5.75 Å². The second kappa shape index (κ2) is 5.90. The van der Waals surface area contributed by atoms with E-state index in [9.17, 15) is 0 Å². The molecule has 1 saturated heterocycles. The number of hydrogen-bond donors (Lipinski definition) is 1. The quantitative estimate of drug-likeness (QED) is 0.926. The predicted octanol–water partition coefficient (Wildman–Crippen LogP) is 2.34. The highest BCUT2D eigenvalue weighted by Gasteiger charge is 2.35. The summed E-state index contributed by atoms with van der Waals surface area (Å²) in [7, 11) is 1.70. The second-order valence-corrected chi connectivity index (χ2v) is 5.87. The van der Waals surface area contributed by atoms with Crippen LogP contribution in [0.4, 0.5) is 0 Å². The number of hydrogen-bond acceptors (Lipinski definition) is 4. The van der Waals surface area contributed by atoms with Crippen molar-refractivity contribution < 1.29 is 9.47 Å². The molecule has 2 unspecified atom stereocenters. The molecule has 4 nitrogen and oxygen atoms in total. The summed E-state index contributed by atoms with van der Waals surface area (Å²) in [5.41, 5.74) is 8.30. The zero-order valence-electron chi connectivity index (χ0n) is 11.8. The first-order valence-electron chi connectivity index (χ1n) is 7.15. The molecule has 1 aromatic carbocycles. The van der Waals surface area contributed by atoms with Crippen LogP contribution in [0.1, 0.15) is 30.0 Å². The Morgan fingerprint density at radius 3 is 3.00 bits per heavy atom. The maximum absolute atomic E-state index is 6.39. The number of fused-ring (bicyclic) bond motifs is 1. The van der Waals surface area contributed by atoms with Gasteiger partial charge in [-0.1, -0.05) is 11.6 Å². The molecule has 0 bridgehead atoms. The van der Waals surface area contributed by atoms with Gasteiger partial charge < -0.3 is 15.2 Å². The van der Waals surface area contributed by atoms with Gasteiger partial charge in [-0.2, -0.15) is 0 Å². The third-order valence-electron chi connectivity index (χ3n) is 4.30. The van der Waals surface area contributed by atoms with Crippen LogP contribution in [0.2, 0.25) is 5.02 Å². The smallest absolute Gasteiger partial charge is 0.123 e. The molecule has 3 rings (SSSR count). The van der Waals surface area contributed by atoms with E-state index in [0.29, 0.717) is 12.6 Å². The van der Waals surface area contributed by atoms with Gasteiger partial charge in [-0.15, -0.1) is 0 Å². The van der Waals surface area contributed by atoms with Gasteiger partial charge in [0.05, 0.1) is 13.2 Å². The van der Waals surface area contributed by atoms with Crippen LogP contribution in [0.3, 0.4) is 0 Å². The number of nitrogens with zero attached hydrogens (tertiary/aromatic N) is 1. The molecule has 1 fully saturated rings.